The second-order valence-corrected chi connectivity index (χ2v) is 6.75. The molecule has 1 amide bonds. The number of carboxylic acid groups (broad SMARTS) is 1. The van der Waals surface area contributed by atoms with Gasteiger partial charge in [0.25, 0.3) is 5.91 Å². The Bertz CT molecular complexity index is 763. The summed E-state index contributed by atoms with van der Waals surface area (Å²) < 4.78 is 0. The Morgan fingerprint density at radius 1 is 1.21 bits per heavy atom. The zero-order valence-corrected chi connectivity index (χ0v) is 14.0. The van der Waals surface area contributed by atoms with Crippen molar-refractivity contribution in [1.82, 2.24) is 9.88 Å². The minimum Gasteiger partial charge on any atom is -0.481 e. The number of hydrogen-bond donors (Lipinski definition) is 1. The summed E-state index contributed by atoms with van der Waals surface area (Å²) in [7, 11) is 0. The minimum absolute atomic E-state index is 0.0459. The summed E-state index contributed by atoms with van der Waals surface area (Å²) in [4.78, 5) is 30.2. The van der Waals surface area contributed by atoms with Crippen molar-refractivity contribution in [3.8, 4) is 0 Å². The first-order valence-corrected chi connectivity index (χ1v) is 8.78. The van der Waals surface area contributed by atoms with E-state index >= 15 is 0 Å². The Balaban J connectivity index is 1.75. The molecule has 1 N–H and O–H groups in total. The minimum atomic E-state index is -0.836. The lowest BCUT2D eigenvalue weighted by Gasteiger charge is -2.29. The molecule has 0 fully saturated rings. The van der Waals surface area contributed by atoms with Gasteiger partial charge in [-0.05, 0) is 23.6 Å². The molecule has 24 heavy (non-hydrogen) atoms. The van der Waals surface area contributed by atoms with Crippen LogP contribution in [0.2, 0.25) is 0 Å². The van der Waals surface area contributed by atoms with Crippen molar-refractivity contribution in [3.63, 3.8) is 0 Å². The topological polar surface area (TPSA) is 70.5 Å². The van der Waals surface area contributed by atoms with Gasteiger partial charge in [-0.25, -0.2) is 0 Å². The van der Waals surface area contributed by atoms with Crippen molar-refractivity contribution in [2.45, 2.75) is 24.3 Å². The fourth-order valence-electron chi connectivity index (χ4n) is 2.76. The second kappa shape index (κ2) is 7.49. The lowest BCUT2D eigenvalue weighted by Crippen LogP contribution is -2.36. The number of fused-ring (bicyclic) bond motifs is 1. The van der Waals surface area contributed by atoms with E-state index in [9.17, 15) is 9.59 Å². The first-order valence-electron chi connectivity index (χ1n) is 7.80. The van der Waals surface area contributed by atoms with Crippen molar-refractivity contribution in [2.75, 3.05) is 12.3 Å². The number of carbonyl (C=O) groups excluding carboxylic acids is 1. The Hall–Kier alpha value is -2.34. The lowest BCUT2D eigenvalue weighted by molar-refractivity contribution is -0.136. The third-order valence-corrected chi connectivity index (χ3v) is 5.08. The number of aromatic nitrogens is 1. The molecule has 6 heteroatoms. The maximum atomic E-state index is 12.9. The molecule has 1 aliphatic rings. The van der Waals surface area contributed by atoms with Crippen LogP contribution < -0.4 is 0 Å². The predicted octanol–water partition coefficient (Wildman–Crippen LogP) is 2.85. The molecule has 2 heterocycles. The quantitative estimate of drug-likeness (QED) is 0.846. The van der Waals surface area contributed by atoms with Crippen LogP contribution in [0.4, 0.5) is 0 Å². The van der Waals surface area contributed by atoms with E-state index in [0.717, 1.165) is 11.3 Å². The summed E-state index contributed by atoms with van der Waals surface area (Å²) in [6.45, 7) is 1.28. The summed E-state index contributed by atoms with van der Waals surface area (Å²) in [5.74, 6) is -0.449. The summed E-state index contributed by atoms with van der Waals surface area (Å²) in [5.41, 5.74) is 3.03. The van der Waals surface area contributed by atoms with Crippen LogP contribution in [-0.4, -0.2) is 39.2 Å². The van der Waals surface area contributed by atoms with E-state index in [1.165, 1.54) is 22.9 Å². The molecule has 1 aliphatic heterocycles. The van der Waals surface area contributed by atoms with E-state index in [1.54, 1.807) is 18.5 Å². The molecule has 2 aromatic rings. The number of amides is 1. The van der Waals surface area contributed by atoms with E-state index in [1.807, 2.05) is 17.0 Å². The van der Waals surface area contributed by atoms with Crippen molar-refractivity contribution in [3.05, 3.63) is 59.4 Å². The highest BCUT2D eigenvalue weighted by Gasteiger charge is 2.23. The Labute approximate surface area is 144 Å². The van der Waals surface area contributed by atoms with Gasteiger partial charge >= 0.3 is 5.97 Å². The largest absolute Gasteiger partial charge is 0.481 e. The van der Waals surface area contributed by atoms with Crippen LogP contribution in [0.5, 0.6) is 0 Å². The standard InChI is InChI=1S/C18H18N2O3S/c21-17(22)7-10-24-16-5-8-19-11-15(16)18(23)20-9-6-13-3-1-2-4-14(13)12-20/h1-5,8,11H,6-7,9-10,12H2,(H,21,22). The van der Waals surface area contributed by atoms with E-state index in [0.29, 0.717) is 24.4 Å². The van der Waals surface area contributed by atoms with Crippen LogP contribution in [0.1, 0.15) is 27.9 Å². The van der Waals surface area contributed by atoms with Gasteiger partial charge in [-0.2, -0.15) is 0 Å². The fraction of sp³-hybridized carbons (Fsp3) is 0.278. The maximum Gasteiger partial charge on any atom is 0.304 e. The molecular weight excluding hydrogens is 324 g/mol. The third kappa shape index (κ3) is 3.76. The molecule has 0 bridgehead atoms. The number of pyridine rings is 1. The fourth-order valence-corrected chi connectivity index (χ4v) is 3.71. The van der Waals surface area contributed by atoms with Gasteiger partial charge in [0.15, 0.2) is 0 Å². The molecule has 1 aromatic carbocycles. The number of thioether (sulfide) groups is 1. The number of nitrogens with zero attached hydrogens (tertiary/aromatic N) is 2. The van der Waals surface area contributed by atoms with Gasteiger partial charge in [-0.1, -0.05) is 24.3 Å². The Morgan fingerprint density at radius 3 is 2.79 bits per heavy atom. The first-order chi connectivity index (χ1) is 11.6. The van der Waals surface area contributed by atoms with E-state index in [-0.39, 0.29) is 12.3 Å². The average Bonchev–Trinajstić information content (AvgIpc) is 2.61. The molecule has 0 unspecified atom stereocenters. The maximum absolute atomic E-state index is 12.9. The highest BCUT2D eigenvalue weighted by molar-refractivity contribution is 7.99. The highest BCUT2D eigenvalue weighted by Crippen LogP contribution is 2.26. The third-order valence-electron chi connectivity index (χ3n) is 4.00. The predicted molar refractivity (Wildman–Crippen MR) is 92.1 cm³/mol. The lowest BCUT2D eigenvalue weighted by atomic mass is 9.99. The molecule has 1 aromatic heterocycles. The molecule has 0 atom stereocenters. The average molecular weight is 342 g/mol. The number of rotatable bonds is 5. The number of aliphatic carboxylic acids is 1. The van der Waals surface area contributed by atoms with Gasteiger partial charge < -0.3 is 10.0 Å². The zero-order valence-electron chi connectivity index (χ0n) is 13.1. The second-order valence-electron chi connectivity index (χ2n) is 5.61. The molecule has 0 radical (unpaired) electrons. The molecule has 0 aliphatic carbocycles. The first kappa shape index (κ1) is 16.5. The van der Waals surface area contributed by atoms with Gasteiger partial charge in [-0.3, -0.25) is 14.6 Å². The number of carboxylic acids is 1. The van der Waals surface area contributed by atoms with Crippen molar-refractivity contribution < 1.29 is 14.7 Å². The van der Waals surface area contributed by atoms with Gasteiger partial charge in [0.05, 0.1) is 12.0 Å². The normalized spacial score (nSPS) is 13.4. The van der Waals surface area contributed by atoms with E-state index < -0.39 is 5.97 Å². The molecular formula is C18H18N2O3S. The van der Waals surface area contributed by atoms with Gasteiger partial charge in [0, 0.05) is 36.1 Å². The van der Waals surface area contributed by atoms with E-state index in [4.69, 9.17) is 5.11 Å². The van der Waals surface area contributed by atoms with Crippen LogP contribution in [0, 0.1) is 0 Å². The van der Waals surface area contributed by atoms with Gasteiger partial charge in [-0.15, -0.1) is 11.8 Å². The molecule has 0 spiro atoms. The summed E-state index contributed by atoms with van der Waals surface area (Å²) in [5, 5.41) is 8.77. The smallest absolute Gasteiger partial charge is 0.304 e. The van der Waals surface area contributed by atoms with Gasteiger partial charge in [0.1, 0.15) is 0 Å². The molecule has 0 saturated carbocycles. The summed E-state index contributed by atoms with van der Waals surface area (Å²) >= 11 is 1.38. The van der Waals surface area contributed by atoms with E-state index in [2.05, 4.69) is 17.1 Å². The monoisotopic (exact) mass is 342 g/mol. The SMILES string of the molecule is O=C(O)CCSc1ccncc1C(=O)N1CCc2ccccc2C1. The van der Waals surface area contributed by atoms with Crippen LogP contribution in [0.3, 0.4) is 0 Å². The van der Waals surface area contributed by atoms with Gasteiger partial charge in [0.2, 0.25) is 0 Å². The molecule has 0 saturated heterocycles. The highest BCUT2D eigenvalue weighted by atomic mass is 32.2. The Morgan fingerprint density at radius 2 is 2.00 bits per heavy atom. The van der Waals surface area contributed by atoms with Crippen LogP contribution >= 0.6 is 11.8 Å². The van der Waals surface area contributed by atoms with Crippen molar-refractivity contribution >= 4 is 23.6 Å². The van der Waals surface area contributed by atoms with Crippen molar-refractivity contribution in [2.24, 2.45) is 0 Å². The van der Waals surface area contributed by atoms with Crippen molar-refractivity contribution in [1.29, 1.82) is 0 Å². The van der Waals surface area contributed by atoms with Crippen LogP contribution in [-0.2, 0) is 17.8 Å². The summed E-state index contributed by atoms with van der Waals surface area (Å²) in [6.07, 6.45) is 4.12. The zero-order chi connectivity index (χ0) is 16.9. The molecule has 5 nitrogen and oxygen atoms in total. The molecule has 3 rings (SSSR count). The van der Waals surface area contributed by atoms with Crippen LogP contribution in [0.25, 0.3) is 0 Å². The number of hydrogen-bond acceptors (Lipinski definition) is 4. The summed E-state index contributed by atoms with van der Waals surface area (Å²) in [6, 6.07) is 9.95. The molecule has 124 valence electrons. The number of carbonyl (C=O) groups is 2. The number of benzene rings is 1. The van der Waals surface area contributed by atoms with Crippen LogP contribution in [0.15, 0.2) is 47.6 Å². The Kier molecular flexibility index (Phi) is 5.15.